The maximum atomic E-state index is 14.2. The summed E-state index contributed by atoms with van der Waals surface area (Å²) in [6.45, 7) is 5.21. The second-order valence-electron chi connectivity index (χ2n) is 6.48. The zero-order chi connectivity index (χ0) is 20.6. The molecule has 0 saturated heterocycles. The predicted molar refractivity (Wildman–Crippen MR) is 95.5 cm³/mol. The summed E-state index contributed by atoms with van der Waals surface area (Å²) in [5.41, 5.74) is -1.01. The Morgan fingerprint density at radius 3 is 2.30 bits per heavy atom. The molecule has 1 amide bonds. The Bertz CT molecular complexity index is 654. The summed E-state index contributed by atoms with van der Waals surface area (Å²) in [5, 5.41) is 2.46. The molecule has 8 nitrogen and oxygen atoms in total. The van der Waals surface area contributed by atoms with Crippen molar-refractivity contribution in [3.05, 3.63) is 23.5 Å². The van der Waals surface area contributed by atoms with E-state index in [0.717, 1.165) is 19.2 Å². The SMILES string of the molecule is COC(=O)c1cc(NC(=O)OC(C)(C)C)c(OCCC(OC)OC)cc1F. The summed E-state index contributed by atoms with van der Waals surface area (Å²) in [4.78, 5) is 23.8. The van der Waals surface area contributed by atoms with Crippen LogP contribution in [0.4, 0.5) is 14.9 Å². The first-order valence-corrected chi connectivity index (χ1v) is 8.21. The minimum absolute atomic E-state index is 0.0250. The third kappa shape index (κ3) is 7.40. The van der Waals surface area contributed by atoms with E-state index in [4.69, 9.17) is 18.9 Å². The van der Waals surface area contributed by atoms with E-state index in [1.165, 1.54) is 14.2 Å². The van der Waals surface area contributed by atoms with Gasteiger partial charge in [0.1, 0.15) is 17.2 Å². The Kier molecular flexibility index (Phi) is 8.45. The number of nitrogens with one attached hydrogen (secondary N) is 1. The molecule has 0 bridgehead atoms. The molecule has 27 heavy (non-hydrogen) atoms. The number of rotatable bonds is 8. The van der Waals surface area contributed by atoms with Gasteiger partial charge in [0.25, 0.3) is 0 Å². The molecule has 1 N–H and O–H groups in total. The first-order chi connectivity index (χ1) is 12.6. The highest BCUT2D eigenvalue weighted by Crippen LogP contribution is 2.29. The molecule has 0 heterocycles. The zero-order valence-corrected chi connectivity index (χ0v) is 16.4. The summed E-state index contributed by atoms with van der Waals surface area (Å²) < 4.78 is 39.6. The standard InChI is InChI=1S/C18H26FNO7/c1-18(2,3)27-17(22)20-13-9-11(16(21)25-6)12(19)10-14(13)26-8-7-15(23-4)24-5/h9-10,15H,7-8H2,1-6H3,(H,20,22). The number of amides is 1. The summed E-state index contributed by atoms with van der Waals surface area (Å²) in [6, 6.07) is 2.12. The lowest BCUT2D eigenvalue weighted by atomic mass is 10.1. The molecular formula is C18H26FNO7. The van der Waals surface area contributed by atoms with Gasteiger partial charge in [-0.15, -0.1) is 0 Å². The first-order valence-electron chi connectivity index (χ1n) is 8.21. The van der Waals surface area contributed by atoms with E-state index in [1.807, 2.05) is 0 Å². The van der Waals surface area contributed by atoms with Crippen LogP contribution in [0.3, 0.4) is 0 Å². The molecule has 9 heteroatoms. The first kappa shape index (κ1) is 22.7. The summed E-state index contributed by atoms with van der Waals surface area (Å²) in [6.07, 6.45) is -0.910. The fourth-order valence-corrected chi connectivity index (χ4v) is 2.05. The van der Waals surface area contributed by atoms with Crippen molar-refractivity contribution >= 4 is 17.7 Å². The largest absolute Gasteiger partial charge is 0.491 e. The molecule has 0 aromatic heterocycles. The van der Waals surface area contributed by atoms with Crippen molar-refractivity contribution in [1.82, 2.24) is 0 Å². The van der Waals surface area contributed by atoms with Crippen molar-refractivity contribution in [2.75, 3.05) is 33.3 Å². The second-order valence-corrected chi connectivity index (χ2v) is 6.48. The van der Waals surface area contributed by atoms with E-state index in [9.17, 15) is 14.0 Å². The molecule has 1 aromatic rings. The van der Waals surface area contributed by atoms with Gasteiger partial charge < -0.3 is 23.7 Å². The van der Waals surface area contributed by atoms with Crippen LogP contribution in [0.1, 0.15) is 37.6 Å². The van der Waals surface area contributed by atoms with Crippen LogP contribution in [0, 0.1) is 5.82 Å². The van der Waals surface area contributed by atoms with Crippen LogP contribution >= 0.6 is 0 Å². The molecule has 0 aliphatic carbocycles. The number of methoxy groups -OCH3 is 3. The Hall–Kier alpha value is -2.39. The monoisotopic (exact) mass is 387 g/mol. The van der Waals surface area contributed by atoms with E-state index in [-0.39, 0.29) is 23.6 Å². The average molecular weight is 387 g/mol. The van der Waals surface area contributed by atoms with Crippen molar-refractivity contribution in [3.63, 3.8) is 0 Å². The molecule has 1 aromatic carbocycles. The minimum Gasteiger partial charge on any atom is -0.491 e. The van der Waals surface area contributed by atoms with Crippen molar-refractivity contribution in [2.24, 2.45) is 0 Å². The predicted octanol–water partition coefficient (Wildman–Crippen LogP) is 3.35. The number of anilines is 1. The smallest absolute Gasteiger partial charge is 0.412 e. The Morgan fingerprint density at radius 2 is 1.78 bits per heavy atom. The van der Waals surface area contributed by atoms with Crippen LogP contribution in [-0.2, 0) is 18.9 Å². The van der Waals surface area contributed by atoms with Gasteiger partial charge in [-0.25, -0.2) is 14.0 Å². The van der Waals surface area contributed by atoms with Gasteiger partial charge in [-0.1, -0.05) is 0 Å². The lowest BCUT2D eigenvalue weighted by Crippen LogP contribution is -2.27. The van der Waals surface area contributed by atoms with Crippen LogP contribution in [0.2, 0.25) is 0 Å². The van der Waals surface area contributed by atoms with Crippen LogP contribution in [-0.4, -0.2) is 51.9 Å². The molecular weight excluding hydrogens is 361 g/mol. The highest BCUT2D eigenvalue weighted by Gasteiger charge is 2.21. The Balaban J connectivity index is 3.06. The average Bonchev–Trinajstić information content (AvgIpc) is 2.58. The number of carbonyl (C=O) groups is 2. The van der Waals surface area contributed by atoms with Crippen molar-refractivity contribution in [3.8, 4) is 5.75 Å². The van der Waals surface area contributed by atoms with Gasteiger partial charge >= 0.3 is 12.1 Å². The third-order valence-electron chi connectivity index (χ3n) is 3.25. The lowest BCUT2D eigenvalue weighted by Gasteiger charge is -2.21. The number of hydrogen-bond acceptors (Lipinski definition) is 7. The van der Waals surface area contributed by atoms with Gasteiger partial charge in [0, 0.05) is 26.7 Å². The van der Waals surface area contributed by atoms with Crippen molar-refractivity contribution in [1.29, 1.82) is 0 Å². The van der Waals surface area contributed by atoms with E-state index >= 15 is 0 Å². The Labute approximate surface area is 157 Å². The van der Waals surface area contributed by atoms with Crippen molar-refractivity contribution < 1.29 is 37.7 Å². The van der Waals surface area contributed by atoms with Crippen LogP contribution in [0.5, 0.6) is 5.75 Å². The second kappa shape index (κ2) is 10.1. The summed E-state index contributed by atoms with van der Waals surface area (Å²) >= 11 is 0. The summed E-state index contributed by atoms with van der Waals surface area (Å²) in [7, 11) is 4.09. The molecule has 0 saturated carbocycles. The maximum absolute atomic E-state index is 14.2. The van der Waals surface area contributed by atoms with E-state index in [2.05, 4.69) is 10.1 Å². The number of carbonyl (C=O) groups excluding carboxylic acids is 2. The zero-order valence-electron chi connectivity index (χ0n) is 16.4. The normalized spacial score (nSPS) is 11.3. The van der Waals surface area contributed by atoms with Gasteiger partial charge in [-0.2, -0.15) is 0 Å². The lowest BCUT2D eigenvalue weighted by molar-refractivity contribution is -0.110. The van der Waals surface area contributed by atoms with Gasteiger partial charge in [-0.05, 0) is 26.8 Å². The maximum Gasteiger partial charge on any atom is 0.412 e. The van der Waals surface area contributed by atoms with Crippen LogP contribution < -0.4 is 10.1 Å². The number of ether oxygens (including phenoxy) is 5. The molecule has 1 rings (SSSR count). The Morgan fingerprint density at radius 1 is 1.15 bits per heavy atom. The van der Waals surface area contributed by atoms with E-state index in [0.29, 0.717) is 6.42 Å². The van der Waals surface area contributed by atoms with Crippen molar-refractivity contribution in [2.45, 2.75) is 39.1 Å². The number of hydrogen-bond donors (Lipinski definition) is 1. The highest BCUT2D eigenvalue weighted by atomic mass is 19.1. The molecule has 152 valence electrons. The van der Waals surface area contributed by atoms with Gasteiger partial charge in [0.2, 0.25) is 0 Å². The molecule has 0 atom stereocenters. The molecule has 0 spiro atoms. The fraction of sp³-hybridized carbons (Fsp3) is 0.556. The van der Waals surface area contributed by atoms with E-state index < -0.39 is 29.8 Å². The minimum atomic E-state index is -0.884. The van der Waals surface area contributed by atoms with E-state index in [1.54, 1.807) is 20.8 Å². The molecule has 0 aliphatic rings. The number of esters is 1. The van der Waals surface area contributed by atoms with Crippen LogP contribution in [0.15, 0.2) is 12.1 Å². The highest BCUT2D eigenvalue weighted by molar-refractivity contribution is 5.94. The topological polar surface area (TPSA) is 92.3 Å². The van der Waals surface area contributed by atoms with Crippen LogP contribution in [0.25, 0.3) is 0 Å². The number of benzene rings is 1. The quantitative estimate of drug-likeness (QED) is 0.540. The molecule has 0 aliphatic heterocycles. The van der Waals surface area contributed by atoms with Gasteiger partial charge in [0.05, 0.1) is 25.0 Å². The van der Waals surface area contributed by atoms with Gasteiger partial charge in [0.15, 0.2) is 6.29 Å². The summed E-state index contributed by atoms with van der Waals surface area (Å²) in [5.74, 6) is -1.70. The molecule has 0 fully saturated rings. The molecule has 0 unspecified atom stereocenters. The third-order valence-corrected chi connectivity index (χ3v) is 3.25. The van der Waals surface area contributed by atoms with Gasteiger partial charge in [-0.3, -0.25) is 5.32 Å². The fourth-order valence-electron chi connectivity index (χ4n) is 2.05. The molecule has 0 radical (unpaired) electrons. The number of halogens is 1.